The molecule has 0 spiro atoms. The average Bonchev–Trinajstić information content (AvgIpc) is 2.78. The van der Waals surface area contributed by atoms with Gasteiger partial charge in [-0.1, -0.05) is 0 Å². The molecule has 0 fully saturated rings. The monoisotopic (exact) mass is 230 g/mol. The molecule has 1 aromatic carbocycles. The van der Waals surface area contributed by atoms with Crippen LogP contribution in [0.1, 0.15) is 10.5 Å². The molecule has 17 heavy (non-hydrogen) atoms. The van der Waals surface area contributed by atoms with Gasteiger partial charge in [0.05, 0.1) is 22.2 Å². The van der Waals surface area contributed by atoms with Crippen molar-refractivity contribution in [1.82, 2.24) is 9.13 Å². The summed E-state index contributed by atoms with van der Waals surface area (Å²) >= 11 is 0. The molecular weight excluding hydrogens is 219 g/mol. The summed E-state index contributed by atoms with van der Waals surface area (Å²) in [5.74, 6) is -0.251. The van der Waals surface area contributed by atoms with Crippen molar-refractivity contribution in [2.75, 3.05) is 0 Å². The van der Waals surface area contributed by atoms with Gasteiger partial charge in [-0.25, -0.2) is 4.39 Å². The maximum absolute atomic E-state index is 13.2. The standard InChI is InChI=1S/C13H11FN2O/c1-15-9(7-17)6-12-13(15)10-4-3-8(14)5-11(10)16(12)2/h3-7H,1-2H3. The van der Waals surface area contributed by atoms with Crippen LogP contribution in [-0.4, -0.2) is 15.4 Å². The van der Waals surface area contributed by atoms with Crippen molar-refractivity contribution in [2.45, 2.75) is 0 Å². The first-order chi connectivity index (χ1) is 8.13. The van der Waals surface area contributed by atoms with Gasteiger partial charge < -0.3 is 9.13 Å². The Kier molecular flexibility index (Phi) is 1.90. The lowest BCUT2D eigenvalue weighted by molar-refractivity contribution is 0.111. The Morgan fingerprint density at radius 2 is 1.88 bits per heavy atom. The predicted molar refractivity (Wildman–Crippen MR) is 64.7 cm³/mol. The van der Waals surface area contributed by atoms with Crippen LogP contribution in [0, 0.1) is 5.82 Å². The number of aryl methyl sites for hydroxylation is 2. The van der Waals surface area contributed by atoms with Crippen molar-refractivity contribution in [2.24, 2.45) is 14.1 Å². The van der Waals surface area contributed by atoms with E-state index in [2.05, 4.69) is 0 Å². The van der Waals surface area contributed by atoms with Crippen molar-refractivity contribution in [3.8, 4) is 0 Å². The van der Waals surface area contributed by atoms with Crippen LogP contribution in [0.3, 0.4) is 0 Å². The molecule has 0 atom stereocenters. The molecule has 0 amide bonds. The first-order valence-corrected chi connectivity index (χ1v) is 5.32. The third-order valence-corrected chi connectivity index (χ3v) is 3.31. The Hall–Kier alpha value is -2.10. The van der Waals surface area contributed by atoms with Crippen molar-refractivity contribution < 1.29 is 9.18 Å². The quantitative estimate of drug-likeness (QED) is 0.590. The molecule has 0 aliphatic rings. The van der Waals surface area contributed by atoms with Crippen LogP contribution in [0.4, 0.5) is 4.39 Å². The zero-order chi connectivity index (χ0) is 12.2. The van der Waals surface area contributed by atoms with Crippen LogP contribution in [0.5, 0.6) is 0 Å². The minimum atomic E-state index is -0.251. The van der Waals surface area contributed by atoms with E-state index in [0.717, 1.165) is 28.2 Å². The van der Waals surface area contributed by atoms with Gasteiger partial charge in [0, 0.05) is 19.5 Å². The Labute approximate surface area is 97.1 Å². The zero-order valence-corrected chi connectivity index (χ0v) is 9.57. The number of nitrogens with zero attached hydrogens (tertiary/aromatic N) is 2. The predicted octanol–water partition coefficient (Wildman–Crippen LogP) is 2.62. The van der Waals surface area contributed by atoms with E-state index in [9.17, 15) is 9.18 Å². The molecule has 3 nitrogen and oxygen atoms in total. The lowest BCUT2D eigenvalue weighted by atomic mass is 10.2. The number of halogens is 1. The minimum absolute atomic E-state index is 0.251. The Balaban J connectivity index is 2.58. The summed E-state index contributed by atoms with van der Waals surface area (Å²) in [6.45, 7) is 0. The van der Waals surface area contributed by atoms with Crippen LogP contribution in [0.25, 0.3) is 21.9 Å². The summed E-state index contributed by atoms with van der Waals surface area (Å²) in [6.07, 6.45) is 0.829. The molecule has 0 bridgehead atoms. The van der Waals surface area contributed by atoms with Crippen molar-refractivity contribution in [3.05, 3.63) is 35.8 Å². The number of benzene rings is 1. The Morgan fingerprint density at radius 3 is 2.59 bits per heavy atom. The van der Waals surface area contributed by atoms with Gasteiger partial charge in [0.1, 0.15) is 5.82 Å². The van der Waals surface area contributed by atoms with E-state index >= 15 is 0 Å². The molecule has 0 N–H and O–H groups in total. The first kappa shape index (κ1) is 10.1. The Bertz CT molecular complexity index is 752. The number of hydrogen-bond acceptors (Lipinski definition) is 1. The fourth-order valence-electron chi connectivity index (χ4n) is 2.41. The summed E-state index contributed by atoms with van der Waals surface area (Å²) in [5, 5.41) is 0.958. The van der Waals surface area contributed by atoms with E-state index < -0.39 is 0 Å². The van der Waals surface area contributed by atoms with Gasteiger partial charge in [0.15, 0.2) is 6.29 Å². The molecule has 2 heterocycles. The lowest BCUT2D eigenvalue weighted by Gasteiger charge is -1.98. The van der Waals surface area contributed by atoms with Gasteiger partial charge in [-0.15, -0.1) is 0 Å². The highest BCUT2D eigenvalue weighted by Gasteiger charge is 2.14. The second-order valence-corrected chi connectivity index (χ2v) is 4.20. The summed E-state index contributed by atoms with van der Waals surface area (Å²) in [5.41, 5.74) is 3.36. The minimum Gasteiger partial charge on any atom is -0.342 e. The second-order valence-electron chi connectivity index (χ2n) is 4.20. The molecule has 4 heteroatoms. The molecule has 0 saturated carbocycles. The average molecular weight is 230 g/mol. The van der Waals surface area contributed by atoms with Gasteiger partial charge >= 0.3 is 0 Å². The molecule has 0 unspecified atom stereocenters. The van der Waals surface area contributed by atoms with Crippen LogP contribution in [-0.2, 0) is 14.1 Å². The van der Waals surface area contributed by atoms with E-state index in [4.69, 9.17) is 0 Å². The summed E-state index contributed by atoms with van der Waals surface area (Å²) < 4.78 is 17.0. The molecule has 86 valence electrons. The fraction of sp³-hybridized carbons (Fsp3) is 0.154. The highest BCUT2D eigenvalue weighted by atomic mass is 19.1. The molecular formula is C13H11FN2O. The third-order valence-electron chi connectivity index (χ3n) is 3.31. The summed E-state index contributed by atoms with van der Waals surface area (Å²) in [6, 6.07) is 6.52. The van der Waals surface area contributed by atoms with Crippen molar-refractivity contribution >= 4 is 28.2 Å². The number of carbonyl (C=O) groups is 1. The molecule has 0 radical (unpaired) electrons. The largest absolute Gasteiger partial charge is 0.342 e. The van der Waals surface area contributed by atoms with E-state index in [0.29, 0.717) is 5.69 Å². The number of aldehydes is 1. The summed E-state index contributed by atoms with van der Waals surface area (Å²) in [4.78, 5) is 10.9. The van der Waals surface area contributed by atoms with Crippen LogP contribution in [0.2, 0.25) is 0 Å². The van der Waals surface area contributed by atoms with Gasteiger partial charge in [-0.05, 0) is 24.3 Å². The molecule has 3 aromatic rings. The van der Waals surface area contributed by atoms with E-state index in [1.165, 1.54) is 12.1 Å². The van der Waals surface area contributed by atoms with Gasteiger partial charge in [-0.3, -0.25) is 4.79 Å². The maximum atomic E-state index is 13.2. The number of rotatable bonds is 1. The number of hydrogen-bond donors (Lipinski definition) is 0. The van der Waals surface area contributed by atoms with Gasteiger partial charge in [0.25, 0.3) is 0 Å². The van der Waals surface area contributed by atoms with Gasteiger partial charge in [0.2, 0.25) is 0 Å². The highest BCUT2D eigenvalue weighted by Crippen LogP contribution is 2.30. The Morgan fingerprint density at radius 1 is 1.12 bits per heavy atom. The fourth-order valence-corrected chi connectivity index (χ4v) is 2.41. The highest BCUT2D eigenvalue weighted by molar-refractivity contribution is 6.08. The lowest BCUT2D eigenvalue weighted by Crippen LogP contribution is -1.93. The molecule has 0 aliphatic carbocycles. The zero-order valence-electron chi connectivity index (χ0n) is 9.57. The van der Waals surface area contributed by atoms with Crippen LogP contribution < -0.4 is 0 Å². The molecule has 3 rings (SSSR count). The SMILES string of the molecule is Cn1c(C=O)cc2c1c1ccc(F)cc1n2C. The molecule has 0 saturated heterocycles. The van der Waals surface area contributed by atoms with Crippen molar-refractivity contribution in [3.63, 3.8) is 0 Å². The normalized spacial score (nSPS) is 11.5. The number of aromatic nitrogens is 2. The van der Waals surface area contributed by atoms with E-state index in [1.807, 2.05) is 29.3 Å². The molecule has 0 aliphatic heterocycles. The van der Waals surface area contributed by atoms with E-state index in [-0.39, 0.29) is 5.82 Å². The van der Waals surface area contributed by atoms with E-state index in [1.54, 1.807) is 6.07 Å². The number of carbonyl (C=O) groups excluding carboxylic acids is 1. The first-order valence-electron chi connectivity index (χ1n) is 5.32. The van der Waals surface area contributed by atoms with Crippen LogP contribution in [0.15, 0.2) is 24.3 Å². The van der Waals surface area contributed by atoms with Gasteiger partial charge in [-0.2, -0.15) is 0 Å². The third kappa shape index (κ3) is 1.18. The summed E-state index contributed by atoms with van der Waals surface area (Å²) in [7, 11) is 3.72. The topological polar surface area (TPSA) is 26.9 Å². The second kappa shape index (κ2) is 3.20. The van der Waals surface area contributed by atoms with Crippen LogP contribution >= 0.6 is 0 Å². The smallest absolute Gasteiger partial charge is 0.166 e. The number of fused-ring (bicyclic) bond motifs is 3. The maximum Gasteiger partial charge on any atom is 0.166 e. The van der Waals surface area contributed by atoms with Crippen molar-refractivity contribution in [1.29, 1.82) is 0 Å². The molecule has 2 aromatic heterocycles.